The topological polar surface area (TPSA) is 93.2 Å². The van der Waals surface area contributed by atoms with Crippen LogP contribution in [-0.4, -0.2) is 53.3 Å². The minimum absolute atomic E-state index is 0. The van der Waals surface area contributed by atoms with E-state index in [2.05, 4.69) is 13.2 Å². The first-order valence-corrected chi connectivity index (χ1v) is 14.6. The minimum Gasteiger partial charge on any atom is -0.497 e. The Labute approximate surface area is 283 Å². The standard InChI is InChI=1S/2C14H14FNO3.C6H4Cl2.CH4/c1-19-11-4-2-9(3-5-11)8-16-12(17)10-6-14(15,7-10)13(16)18;1-4-13(17)16(14(18)10(2)15)9-11-5-7-12(19-3)8-6-11;7-5-3-1-2-4-6(5)8;/h2-5,10H,6-8H2,1H3;4-8H,1-2,9H2,3H3;1-4H;1H4. The quantitative estimate of drug-likeness (QED) is 0.179. The second kappa shape index (κ2) is 17.4. The van der Waals surface area contributed by atoms with Crippen LogP contribution in [0.15, 0.2) is 97.9 Å². The van der Waals surface area contributed by atoms with Gasteiger partial charge in [0.05, 0.1) is 37.4 Å². The van der Waals surface area contributed by atoms with Crippen molar-refractivity contribution in [1.29, 1.82) is 0 Å². The molecular formula is C35H36Cl2F2N2O6. The predicted molar refractivity (Wildman–Crippen MR) is 177 cm³/mol. The van der Waals surface area contributed by atoms with E-state index in [0.717, 1.165) is 21.4 Å². The number of alkyl halides is 1. The van der Waals surface area contributed by atoms with Gasteiger partial charge in [0.15, 0.2) is 11.5 Å². The van der Waals surface area contributed by atoms with Crippen LogP contribution in [0.2, 0.25) is 10.0 Å². The first-order valence-electron chi connectivity index (χ1n) is 13.9. The third-order valence-electron chi connectivity index (χ3n) is 7.13. The Morgan fingerprint density at radius 2 is 1.40 bits per heavy atom. The van der Waals surface area contributed by atoms with Crippen LogP contribution in [0.5, 0.6) is 11.5 Å². The molecule has 3 aliphatic rings. The summed E-state index contributed by atoms with van der Waals surface area (Å²) < 4.78 is 36.9. The largest absolute Gasteiger partial charge is 0.497 e. The number of methoxy groups -OCH3 is 2. The molecule has 250 valence electrons. The normalized spacial score (nSPS) is 17.2. The number of carbonyl (C=O) groups is 4. The fraction of sp³-hybridized carbons (Fsp3) is 0.257. The van der Waals surface area contributed by atoms with Gasteiger partial charge in [0.2, 0.25) is 5.91 Å². The minimum atomic E-state index is -1.80. The maximum atomic E-state index is 14.0. The van der Waals surface area contributed by atoms with Gasteiger partial charge in [-0.1, -0.05) is 80.2 Å². The SMILES string of the molecule is C.C=CC(=O)N(Cc1ccc(OC)cc1)C(=O)C(=C)F.COc1ccc(CN2C(=O)C3CC(F)(C3)C2=O)cc1.Clc1ccccc1Cl. The van der Waals surface area contributed by atoms with Crippen molar-refractivity contribution in [1.82, 2.24) is 9.80 Å². The average molecular weight is 690 g/mol. The molecule has 1 aliphatic carbocycles. The van der Waals surface area contributed by atoms with E-state index >= 15 is 0 Å². The molecule has 8 nitrogen and oxygen atoms in total. The van der Waals surface area contributed by atoms with Gasteiger partial charge in [0.25, 0.3) is 17.7 Å². The molecule has 4 amide bonds. The fourth-order valence-electron chi connectivity index (χ4n) is 4.56. The van der Waals surface area contributed by atoms with Crippen LogP contribution in [0.25, 0.3) is 0 Å². The number of hydrogen-bond donors (Lipinski definition) is 0. The van der Waals surface area contributed by atoms with Crippen LogP contribution in [-0.2, 0) is 32.3 Å². The zero-order chi connectivity index (χ0) is 34.0. The van der Waals surface area contributed by atoms with Gasteiger partial charge in [-0.3, -0.25) is 29.0 Å². The summed E-state index contributed by atoms with van der Waals surface area (Å²) in [6, 6.07) is 20.9. The van der Waals surface area contributed by atoms with Crippen molar-refractivity contribution in [2.75, 3.05) is 14.2 Å². The van der Waals surface area contributed by atoms with Crippen molar-refractivity contribution in [2.24, 2.45) is 5.92 Å². The molecule has 47 heavy (non-hydrogen) atoms. The maximum Gasteiger partial charge on any atom is 0.289 e. The molecule has 0 spiro atoms. The second-order valence-corrected chi connectivity index (χ2v) is 11.1. The number of rotatable bonds is 8. The molecule has 2 saturated heterocycles. The van der Waals surface area contributed by atoms with Gasteiger partial charge in [0, 0.05) is 18.8 Å². The van der Waals surface area contributed by atoms with Gasteiger partial charge in [-0.2, -0.15) is 0 Å². The zero-order valence-electron chi connectivity index (χ0n) is 25.2. The van der Waals surface area contributed by atoms with Gasteiger partial charge in [-0.05, 0) is 53.6 Å². The van der Waals surface area contributed by atoms with E-state index in [9.17, 15) is 28.0 Å². The van der Waals surface area contributed by atoms with Crippen LogP contribution in [0.4, 0.5) is 8.78 Å². The number of hydrogen-bond acceptors (Lipinski definition) is 6. The third-order valence-corrected chi connectivity index (χ3v) is 7.88. The lowest BCUT2D eigenvalue weighted by atomic mass is 9.67. The fourth-order valence-corrected chi connectivity index (χ4v) is 4.83. The molecule has 0 atom stereocenters. The van der Waals surface area contributed by atoms with Gasteiger partial charge in [-0.25, -0.2) is 8.78 Å². The highest BCUT2D eigenvalue weighted by molar-refractivity contribution is 6.41. The smallest absolute Gasteiger partial charge is 0.289 e. The molecule has 3 aromatic carbocycles. The Hall–Kier alpha value is -4.54. The Morgan fingerprint density at radius 1 is 0.936 bits per heavy atom. The summed E-state index contributed by atoms with van der Waals surface area (Å²) in [5, 5.41) is 1.21. The number of benzene rings is 3. The Morgan fingerprint density at radius 3 is 1.81 bits per heavy atom. The molecule has 0 radical (unpaired) electrons. The average Bonchev–Trinajstić information content (AvgIpc) is 3.05. The molecule has 0 unspecified atom stereocenters. The van der Waals surface area contributed by atoms with Crippen LogP contribution < -0.4 is 9.47 Å². The molecular weight excluding hydrogens is 653 g/mol. The van der Waals surface area contributed by atoms with E-state index in [-0.39, 0.29) is 45.2 Å². The van der Waals surface area contributed by atoms with E-state index in [0.29, 0.717) is 27.1 Å². The Bertz CT molecular complexity index is 1570. The number of nitrogens with zero attached hydrogens (tertiary/aromatic N) is 2. The van der Waals surface area contributed by atoms with Crippen molar-refractivity contribution in [3.8, 4) is 11.5 Å². The van der Waals surface area contributed by atoms with Crippen molar-refractivity contribution < 1.29 is 37.4 Å². The van der Waals surface area contributed by atoms with Crippen LogP contribution >= 0.6 is 23.2 Å². The third kappa shape index (κ3) is 9.97. The van der Waals surface area contributed by atoms with Crippen molar-refractivity contribution in [2.45, 2.75) is 39.0 Å². The van der Waals surface area contributed by atoms with E-state index < -0.39 is 29.2 Å². The summed E-state index contributed by atoms with van der Waals surface area (Å²) in [4.78, 5) is 48.7. The molecule has 0 N–H and O–H groups in total. The summed E-state index contributed by atoms with van der Waals surface area (Å²) in [6.45, 7) is 6.24. The van der Waals surface area contributed by atoms with Gasteiger partial charge >= 0.3 is 0 Å². The number of carbonyl (C=O) groups excluding carboxylic acids is 4. The summed E-state index contributed by atoms with van der Waals surface area (Å²) in [7, 11) is 3.09. The van der Waals surface area contributed by atoms with Crippen molar-refractivity contribution in [3.05, 3.63) is 119 Å². The first-order chi connectivity index (χ1) is 21.8. The number of ether oxygens (including phenoxy) is 2. The lowest BCUT2D eigenvalue weighted by Gasteiger charge is -2.48. The molecule has 6 rings (SSSR count). The summed E-state index contributed by atoms with van der Waals surface area (Å²) in [5.74, 6) is -2.85. The highest BCUT2D eigenvalue weighted by atomic mass is 35.5. The van der Waals surface area contributed by atoms with E-state index in [1.54, 1.807) is 67.8 Å². The Kier molecular flexibility index (Phi) is 14.3. The van der Waals surface area contributed by atoms with Gasteiger partial charge < -0.3 is 9.47 Å². The maximum absolute atomic E-state index is 14.0. The molecule has 0 aromatic heterocycles. The second-order valence-electron chi connectivity index (χ2n) is 10.2. The monoisotopic (exact) mass is 688 g/mol. The van der Waals surface area contributed by atoms with Gasteiger partial charge in [0.1, 0.15) is 11.5 Å². The van der Waals surface area contributed by atoms with E-state index in [1.807, 2.05) is 12.1 Å². The molecule has 3 aromatic rings. The van der Waals surface area contributed by atoms with E-state index in [4.69, 9.17) is 32.7 Å². The molecule has 2 heterocycles. The predicted octanol–water partition coefficient (Wildman–Crippen LogP) is 7.53. The first kappa shape index (κ1) is 38.6. The van der Waals surface area contributed by atoms with Crippen LogP contribution in [0.3, 0.4) is 0 Å². The number of piperidine rings is 2. The number of imide groups is 2. The summed E-state index contributed by atoms with van der Waals surface area (Å²) in [6.07, 6.45) is 1.07. The summed E-state index contributed by atoms with van der Waals surface area (Å²) >= 11 is 11.2. The van der Waals surface area contributed by atoms with Crippen LogP contribution in [0, 0.1) is 5.92 Å². The molecule has 3 fully saturated rings. The highest BCUT2D eigenvalue weighted by Gasteiger charge is 2.61. The molecule has 2 bridgehead atoms. The highest BCUT2D eigenvalue weighted by Crippen LogP contribution is 2.48. The van der Waals surface area contributed by atoms with Crippen LogP contribution in [0.1, 0.15) is 31.4 Å². The number of amides is 4. The lowest BCUT2D eigenvalue weighted by Crippen LogP contribution is -2.65. The van der Waals surface area contributed by atoms with Crippen molar-refractivity contribution >= 4 is 46.8 Å². The number of fused-ring (bicyclic) bond motifs is 2. The molecule has 12 heteroatoms. The number of halogens is 4. The zero-order valence-corrected chi connectivity index (χ0v) is 26.7. The molecule has 2 aliphatic heterocycles. The lowest BCUT2D eigenvalue weighted by molar-refractivity contribution is -0.180. The Balaban J connectivity index is 0.000000261. The van der Waals surface area contributed by atoms with Gasteiger partial charge in [-0.15, -0.1) is 0 Å². The molecule has 1 saturated carbocycles. The van der Waals surface area contributed by atoms with E-state index in [1.165, 1.54) is 7.11 Å². The van der Waals surface area contributed by atoms with Crippen molar-refractivity contribution in [3.63, 3.8) is 0 Å². The summed E-state index contributed by atoms with van der Waals surface area (Å²) in [5.41, 5.74) is -0.358.